The quantitative estimate of drug-likeness (QED) is 0.500. The first-order valence-electron chi connectivity index (χ1n) is 3.52. The minimum Gasteiger partial charge on any atom is -0.374 e. The summed E-state index contributed by atoms with van der Waals surface area (Å²) in [5.41, 5.74) is 0. The molecule has 0 spiro atoms. The first kappa shape index (κ1) is 8.27. The van der Waals surface area contributed by atoms with Crippen LogP contribution in [0.3, 0.4) is 0 Å². The molecule has 2 aliphatic heterocycles. The average Bonchev–Trinajstić information content (AvgIpc) is 2.33. The Morgan fingerprint density at radius 3 is 3.00 bits per heavy atom. The monoisotopic (exact) mass is 164 g/mol. The number of hydrogen-bond donors (Lipinski definition) is 2. The fourth-order valence-electron chi connectivity index (χ4n) is 1.49. The molecule has 2 saturated heterocycles. The fraction of sp³-hybridized carbons (Fsp3) is 1.00. The number of rotatable bonds is 0. The van der Waals surface area contributed by atoms with Crippen LogP contribution in [0.25, 0.3) is 0 Å². The van der Waals surface area contributed by atoms with Gasteiger partial charge >= 0.3 is 0 Å². The summed E-state index contributed by atoms with van der Waals surface area (Å²) in [5, 5.41) is 6.67. The molecule has 10 heavy (non-hydrogen) atoms. The Balaban J connectivity index is 0.000000500. The second-order valence-corrected chi connectivity index (χ2v) is 2.63. The zero-order valence-corrected chi connectivity index (χ0v) is 6.62. The first-order chi connectivity index (χ1) is 4.47. The van der Waals surface area contributed by atoms with E-state index < -0.39 is 0 Å². The number of morpholine rings is 1. The van der Waals surface area contributed by atoms with Gasteiger partial charge in [0.05, 0.1) is 12.7 Å². The molecule has 0 aromatic rings. The van der Waals surface area contributed by atoms with E-state index in [9.17, 15) is 0 Å². The standard InChI is InChI=1S/C6H12N2O.ClH/c1-2-9-6-4-7-3-5(6)8-1;/h5-8H,1-4H2;1H/t5-,6+;/m0./s1. The van der Waals surface area contributed by atoms with Crippen LogP contribution in [0.4, 0.5) is 0 Å². The maximum atomic E-state index is 5.48. The van der Waals surface area contributed by atoms with Crippen molar-refractivity contribution in [2.24, 2.45) is 0 Å². The van der Waals surface area contributed by atoms with Gasteiger partial charge in [-0.2, -0.15) is 0 Å². The fourth-order valence-corrected chi connectivity index (χ4v) is 1.49. The van der Waals surface area contributed by atoms with Gasteiger partial charge in [0.1, 0.15) is 0 Å². The van der Waals surface area contributed by atoms with Gasteiger partial charge in [-0.25, -0.2) is 0 Å². The van der Waals surface area contributed by atoms with Crippen molar-refractivity contribution >= 4 is 12.4 Å². The van der Waals surface area contributed by atoms with Crippen LogP contribution in [0.1, 0.15) is 0 Å². The summed E-state index contributed by atoms with van der Waals surface area (Å²) in [6, 6.07) is 0.582. The molecular formula is C6H13ClN2O. The Bertz CT molecular complexity index is 99.9. The molecule has 2 fully saturated rings. The van der Waals surface area contributed by atoms with E-state index in [1.54, 1.807) is 0 Å². The van der Waals surface area contributed by atoms with Crippen LogP contribution < -0.4 is 10.6 Å². The molecule has 0 radical (unpaired) electrons. The number of halogens is 1. The van der Waals surface area contributed by atoms with Gasteiger partial charge in [0.15, 0.2) is 0 Å². The second-order valence-electron chi connectivity index (χ2n) is 2.63. The number of nitrogens with one attached hydrogen (secondary N) is 2. The normalized spacial score (nSPS) is 38.4. The van der Waals surface area contributed by atoms with E-state index in [1.807, 2.05) is 0 Å². The lowest BCUT2D eigenvalue weighted by molar-refractivity contribution is 0.0207. The van der Waals surface area contributed by atoms with E-state index in [2.05, 4.69) is 10.6 Å². The SMILES string of the molecule is C1CO[C@@H]2CNC[C@@H]2N1.Cl. The highest BCUT2D eigenvalue weighted by Crippen LogP contribution is 2.07. The zero-order chi connectivity index (χ0) is 6.10. The van der Waals surface area contributed by atoms with Crippen LogP contribution in [0, 0.1) is 0 Å². The van der Waals surface area contributed by atoms with Gasteiger partial charge in [0.2, 0.25) is 0 Å². The molecular weight excluding hydrogens is 152 g/mol. The lowest BCUT2D eigenvalue weighted by atomic mass is 10.2. The van der Waals surface area contributed by atoms with Gasteiger partial charge in [-0.3, -0.25) is 0 Å². The van der Waals surface area contributed by atoms with Gasteiger partial charge in [-0.05, 0) is 0 Å². The Hall–Kier alpha value is 0.170. The minimum atomic E-state index is 0. The van der Waals surface area contributed by atoms with Gasteiger partial charge in [0, 0.05) is 25.7 Å². The topological polar surface area (TPSA) is 33.3 Å². The van der Waals surface area contributed by atoms with Gasteiger partial charge in [-0.1, -0.05) is 0 Å². The third-order valence-electron chi connectivity index (χ3n) is 2.00. The Labute approximate surface area is 66.9 Å². The summed E-state index contributed by atoms with van der Waals surface area (Å²) < 4.78 is 5.48. The van der Waals surface area contributed by atoms with Gasteiger partial charge in [-0.15, -0.1) is 12.4 Å². The number of ether oxygens (including phenoxy) is 1. The molecule has 2 rings (SSSR count). The summed E-state index contributed by atoms with van der Waals surface area (Å²) in [4.78, 5) is 0. The summed E-state index contributed by atoms with van der Waals surface area (Å²) in [5.74, 6) is 0. The second kappa shape index (κ2) is 3.53. The Morgan fingerprint density at radius 1 is 1.30 bits per heavy atom. The van der Waals surface area contributed by atoms with Crippen molar-refractivity contribution in [3.63, 3.8) is 0 Å². The van der Waals surface area contributed by atoms with Crippen LogP contribution in [0.2, 0.25) is 0 Å². The van der Waals surface area contributed by atoms with Crippen molar-refractivity contribution < 1.29 is 4.74 Å². The molecule has 2 aliphatic rings. The Kier molecular flexibility index (Phi) is 2.92. The molecule has 60 valence electrons. The molecule has 0 unspecified atom stereocenters. The van der Waals surface area contributed by atoms with Crippen LogP contribution in [0.5, 0.6) is 0 Å². The molecule has 2 N–H and O–H groups in total. The largest absolute Gasteiger partial charge is 0.374 e. The minimum absolute atomic E-state index is 0. The van der Waals surface area contributed by atoms with Crippen molar-refractivity contribution in [2.75, 3.05) is 26.2 Å². The summed E-state index contributed by atoms with van der Waals surface area (Å²) in [7, 11) is 0. The van der Waals surface area contributed by atoms with E-state index in [1.165, 1.54) is 0 Å². The predicted octanol–water partition coefficient (Wildman–Crippen LogP) is -0.632. The van der Waals surface area contributed by atoms with Crippen molar-refractivity contribution in [1.29, 1.82) is 0 Å². The lowest BCUT2D eigenvalue weighted by Crippen LogP contribution is -2.47. The lowest BCUT2D eigenvalue weighted by Gasteiger charge is -2.25. The van der Waals surface area contributed by atoms with Crippen LogP contribution in [-0.2, 0) is 4.74 Å². The average molecular weight is 165 g/mol. The highest BCUT2D eigenvalue weighted by molar-refractivity contribution is 5.85. The van der Waals surface area contributed by atoms with Crippen LogP contribution >= 0.6 is 12.4 Å². The molecule has 0 aliphatic carbocycles. The highest BCUT2D eigenvalue weighted by Gasteiger charge is 2.29. The maximum Gasteiger partial charge on any atom is 0.0865 e. The molecule has 0 amide bonds. The van der Waals surface area contributed by atoms with E-state index in [-0.39, 0.29) is 12.4 Å². The summed E-state index contributed by atoms with van der Waals surface area (Å²) in [6.07, 6.45) is 0.443. The zero-order valence-electron chi connectivity index (χ0n) is 5.80. The molecule has 2 heterocycles. The maximum absolute atomic E-state index is 5.48. The van der Waals surface area contributed by atoms with E-state index in [4.69, 9.17) is 4.74 Å². The van der Waals surface area contributed by atoms with Gasteiger partial charge < -0.3 is 15.4 Å². The molecule has 0 aromatic carbocycles. The highest BCUT2D eigenvalue weighted by atomic mass is 35.5. The van der Waals surface area contributed by atoms with Crippen molar-refractivity contribution in [3.8, 4) is 0 Å². The van der Waals surface area contributed by atoms with E-state index in [0.717, 1.165) is 26.2 Å². The summed E-state index contributed by atoms with van der Waals surface area (Å²) in [6.45, 7) is 3.99. The third-order valence-corrected chi connectivity index (χ3v) is 2.00. The molecule has 2 atom stereocenters. The van der Waals surface area contributed by atoms with Gasteiger partial charge in [0.25, 0.3) is 0 Å². The number of fused-ring (bicyclic) bond motifs is 1. The molecule has 3 nitrogen and oxygen atoms in total. The van der Waals surface area contributed by atoms with Crippen LogP contribution in [-0.4, -0.2) is 38.4 Å². The Morgan fingerprint density at radius 2 is 2.20 bits per heavy atom. The van der Waals surface area contributed by atoms with Crippen molar-refractivity contribution in [2.45, 2.75) is 12.1 Å². The van der Waals surface area contributed by atoms with Crippen molar-refractivity contribution in [3.05, 3.63) is 0 Å². The molecule has 4 heteroatoms. The van der Waals surface area contributed by atoms with Crippen molar-refractivity contribution in [1.82, 2.24) is 10.6 Å². The molecule has 0 aromatic heterocycles. The van der Waals surface area contributed by atoms with E-state index in [0.29, 0.717) is 12.1 Å². The van der Waals surface area contributed by atoms with Crippen LogP contribution in [0.15, 0.2) is 0 Å². The third kappa shape index (κ3) is 1.42. The smallest absolute Gasteiger partial charge is 0.0865 e. The predicted molar refractivity (Wildman–Crippen MR) is 41.6 cm³/mol. The number of hydrogen-bond acceptors (Lipinski definition) is 3. The molecule has 0 saturated carbocycles. The van der Waals surface area contributed by atoms with E-state index >= 15 is 0 Å². The summed E-state index contributed by atoms with van der Waals surface area (Å²) >= 11 is 0. The first-order valence-corrected chi connectivity index (χ1v) is 3.52. The molecule has 0 bridgehead atoms.